The Bertz CT molecular complexity index is 1400. The predicted octanol–water partition coefficient (Wildman–Crippen LogP) is 6.42. The van der Waals surface area contributed by atoms with Crippen LogP contribution in [0.3, 0.4) is 0 Å². The Morgan fingerprint density at radius 2 is 1.53 bits per heavy atom. The smallest absolute Gasteiger partial charge is 0.379 e. The lowest BCUT2D eigenvalue weighted by Gasteiger charge is -2.13. The first-order valence-corrected chi connectivity index (χ1v) is 11.1. The number of halogens is 7. The van der Waals surface area contributed by atoms with Crippen molar-refractivity contribution in [1.29, 1.82) is 0 Å². The number of alkyl halides is 6. The molecule has 0 bridgehead atoms. The van der Waals surface area contributed by atoms with E-state index in [0.717, 1.165) is 6.07 Å². The van der Waals surface area contributed by atoms with Gasteiger partial charge in [-0.15, -0.1) is 5.11 Å². The first kappa shape index (κ1) is 26.8. The van der Waals surface area contributed by atoms with Gasteiger partial charge in [-0.3, -0.25) is 4.79 Å². The van der Waals surface area contributed by atoms with Crippen LogP contribution in [0, 0.1) is 5.82 Å². The van der Waals surface area contributed by atoms with Gasteiger partial charge in [0, 0.05) is 0 Å². The van der Waals surface area contributed by atoms with E-state index in [-0.39, 0.29) is 5.75 Å². The molecule has 3 aromatic carbocycles. The van der Waals surface area contributed by atoms with Gasteiger partial charge in [-0.05, 0) is 48.0 Å². The van der Waals surface area contributed by atoms with Crippen LogP contribution >= 0.6 is 0 Å². The van der Waals surface area contributed by atoms with Crippen LogP contribution in [0.15, 0.2) is 81.9 Å². The maximum absolute atomic E-state index is 13.9. The number of hydrogen-bond acceptors (Lipinski definition) is 5. The number of rotatable bonds is 6. The molecule has 0 fully saturated rings. The molecule has 36 heavy (non-hydrogen) atoms. The highest BCUT2D eigenvalue weighted by atomic mass is 32.2. The summed E-state index contributed by atoms with van der Waals surface area (Å²) in [5.74, 6) is -3.47. The highest BCUT2D eigenvalue weighted by Crippen LogP contribution is 2.34. The molecule has 0 atom stereocenters. The molecular formula is C22H13F7N2O4S. The van der Waals surface area contributed by atoms with Crippen molar-refractivity contribution in [3.8, 4) is 5.75 Å². The zero-order chi connectivity index (χ0) is 26.7. The summed E-state index contributed by atoms with van der Waals surface area (Å²) in [6.07, 6.45) is -10.0. The molecule has 0 radical (unpaired) electrons. The monoisotopic (exact) mass is 534 g/mol. The Morgan fingerprint density at radius 1 is 0.861 bits per heavy atom. The molecule has 0 saturated heterocycles. The molecule has 0 N–H and O–H groups in total. The number of benzene rings is 3. The molecule has 190 valence electrons. The van der Waals surface area contributed by atoms with Crippen molar-refractivity contribution in [1.82, 2.24) is 0 Å². The second-order valence-corrected chi connectivity index (χ2v) is 8.55. The molecule has 0 aliphatic carbocycles. The van der Waals surface area contributed by atoms with E-state index in [4.69, 9.17) is 4.18 Å². The summed E-state index contributed by atoms with van der Waals surface area (Å²) in [5.41, 5.74) is -4.98. The van der Waals surface area contributed by atoms with Crippen LogP contribution in [-0.4, -0.2) is 14.3 Å². The van der Waals surface area contributed by atoms with Gasteiger partial charge in [0.05, 0.1) is 23.2 Å². The van der Waals surface area contributed by atoms with E-state index in [9.17, 15) is 43.9 Å². The molecule has 0 unspecified atom stereocenters. The summed E-state index contributed by atoms with van der Waals surface area (Å²) in [6.45, 7) is -0.988. The van der Waals surface area contributed by atoms with Gasteiger partial charge in [0.15, 0.2) is 0 Å². The van der Waals surface area contributed by atoms with Gasteiger partial charge >= 0.3 is 22.5 Å². The van der Waals surface area contributed by atoms with E-state index in [1.807, 2.05) is 0 Å². The normalized spacial score (nSPS) is 12.6. The average Bonchev–Trinajstić information content (AvgIpc) is 2.78. The van der Waals surface area contributed by atoms with Crippen LogP contribution in [0.25, 0.3) is 0 Å². The molecule has 0 spiro atoms. The van der Waals surface area contributed by atoms with Crippen LogP contribution < -0.4 is 4.18 Å². The van der Waals surface area contributed by atoms with Crippen molar-refractivity contribution < 1.29 is 48.1 Å². The maximum atomic E-state index is 13.9. The van der Waals surface area contributed by atoms with E-state index in [0.29, 0.717) is 30.3 Å². The lowest BCUT2D eigenvalue weighted by Crippen LogP contribution is -2.14. The first-order chi connectivity index (χ1) is 16.7. The Morgan fingerprint density at radius 3 is 2.14 bits per heavy atom. The van der Waals surface area contributed by atoms with Crippen molar-refractivity contribution in [2.24, 2.45) is 10.2 Å². The molecule has 0 aromatic heterocycles. The summed E-state index contributed by atoms with van der Waals surface area (Å²) in [6, 6.07) is 10.2. The second kappa shape index (κ2) is 10.0. The standard InChI is InChI=1S/C22H13F7N2O4S/c23-17-8-4-7-16(22(27,28)29)19(17)20(32)31-30-12-13-11-14(21(24,25)26)9-10-18(13)36(33,34)35-15-5-2-1-3-6-15/h1-11H,12H2. The SMILES string of the molecule is O=C(N=NCc1cc(C(F)(F)F)ccc1S(=O)(=O)Oc1ccccc1)c1c(F)cccc1C(F)(F)F. The van der Waals surface area contributed by atoms with Gasteiger partial charge in [0.1, 0.15) is 16.5 Å². The summed E-state index contributed by atoms with van der Waals surface area (Å²) >= 11 is 0. The minimum atomic E-state index is -5.11. The fraction of sp³-hybridized carbons (Fsp3) is 0.136. The van der Waals surface area contributed by atoms with Crippen molar-refractivity contribution in [3.05, 3.63) is 94.8 Å². The summed E-state index contributed by atoms with van der Waals surface area (Å²) in [5, 5.41) is 6.19. The predicted molar refractivity (Wildman–Crippen MR) is 110 cm³/mol. The second-order valence-electron chi connectivity index (χ2n) is 7.04. The third kappa shape index (κ3) is 6.24. The van der Waals surface area contributed by atoms with E-state index < -0.39 is 67.9 Å². The van der Waals surface area contributed by atoms with Gasteiger partial charge in [-0.1, -0.05) is 24.3 Å². The number of amides is 1. The molecule has 0 aliphatic rings. The minimum Gasteiger partial charge on any atom is -0.379 e. The molecule has 3 rings (SSSR count). The lowest BCUT2D eigenvalue weighted by atomic mass is 10.1. The first-order valence-electron chi connectivity index (χ1n) is 9.67. The fourth-order valence-electron chi connectivity index (χ4n) is 2.97. The van der Waals surface area contributed by atoms with Gasteiger partial charge in [-0.25, -0.2) is 4.39 Å². The third-order valence-corrected chi connectivity index (χ3v) is 5.89. The van der Waals surface area contributed by atoms with Crippen LogP contribution in [0.2, 0.25) is 0 Å². The fourth-order valence-corrected chi connectivity index (χ4v) is 4.11. The number of carbonyl (C=O) groups is 1. The number of carbonyl (C=O) groups excluding carboxylic acids is 1. The summed E-state index contributed by atoms with van der Waals surface area (Å²) < 4.78 is 123. The van der Waals surface area contributed by atoms with Crippen molar-refractivity contribution >= 4 is 16.0 Å². The van der Waals surface area contributed by atoms with Gasteiger partial charge in [0.25, 0.3) is 5.91 Å². The molecule has 14 heteroatoms. The van der Waals surface area contributed by atoms with Gasteiger partial charge < -0.3 is 4.18 Å². The van der Waals surface area contributed by atoms with E-state index >= 15 is 0 Å². The highest BCUT2D eigenvalue weighted by Gasteiger charge is 2.37. The van der Waals surface area contributed by atoms with Crippen molar-refractivity contribution in [2.75, 3.05) is 0 Å². The quantitative estimate of drug-likeness (QED) is 0.207. The average molecular weight is 534 g/mol. The number of azo groups is 1. The Kier molecular flexibility index (Phi) is 7.48. The summed E-state index contributed by atoms with van der Waals surface area (Å²) in [4.78, 5) is 11.4. The topological polar surface area (TPSA) is 85.2 Å². The molecule has 0 aliphatic heterocycles. The molecule has 1 amide bonds. The zero-order valence-corrected chi connectivity index (χ0v) is 18.5. The lowest BCUT2D eigenvalue weighted by molar-refractivity contribution is -0.138. The van der Waals surface area contributed by atoms with Crippen molar-refractivity contribution in [3.63, 3.8) is 0 Å². The molecule has 6 nitrogen and oxygen atoms in total. The largest absolute Gasteiger partial charge is 0.417 e. The van der Waals surface area contributed by atoms with E-state index in [1.165, 1.54) is 24.3 Å². The van der Waals surface area contributed by atoms with Crippen LogP contribution in [0.4, 0.5) is 30.7 Å². The minimum absolute atomic E-state index is 0.153. The van der Waals surface area contributed by atoms with Crippen LogP contribution in [0.5, 0.6) is 5.75 Å². The van der Waals surface area contributed by atoms with Gasteiger partial charge in [-0.2, -0.15) is 39.9 Å². The number of para-hydroxylation sites is 1. The number of hydrogen-bond donors (Lipinski definition) is 0. The van der Waals surface area contributed by atoms with E-state index in [1.54, 1.807) is 6.07 Å². The number of nitrogens with zero attached hydrogens (tertiary/aromatic N) is 2. The van der Waals surface area contributed by atoms with E-state index in [2.05, 4.69) is 10.2 Å². The van der Waals surface area contributed by atoms with Crippen LogP contribution in [0.1, 0.15) is 27.0 Å². The molecule has 0 saturated carbocycles. The Hall–Kier alpha value is -3.81. The van der Waals surface area contributed by atoms with Crippen molar-refractivity contribution in [2.45, 2.75) is 23.8 Å². The highest BCUT2D eigenvalue weighted by molar-refractivity contribution is 7.87. The maximum Gasteiger partial charge on any atom is 0.417 e. The molecule has 0 heterocycles. The molecule has 3 aromatic rings. The molecular weight excluding hydrogens is 521 g/mol. The Labute approximate surface area is 199 Å². The summed E-state index contributed by atoms with van der Waals surface area (Å²) in [7, 11) is -4.70. The van der Waals surface area contributed by atoms with Gasteiger partial charge in [0.2, 0.25) is 0 Å². The third-order valence-electron chi connectivity index (χ3n) is 4.54. The zero-order valence-electron chi connectivity index (χ0n) is 17.6. The Balaban J connectivity index is 1.98. The van der Waals surface area contributed by atoms with Crippen LogP contribution in [-0.2, 0) is 29.0 Å².